The molecule has 0 fully saturated rings. The fourth-order valence-corrected chi connectivity index (χ4v) is 13.8. The van der Waals surface area contributed by atoms with Crippen molar-refractivity contribution < 1.29 is 0 Å². The van der Waals surface area contributed by atoms with E-state index in [-0.39, 0.29) is 5.41 Å². The first-order valence-corrected chi connectivity index (χ1v) is 29.8. The van der Waals surface area contributed by atoms with Gasteiger partial charge in [0, 0.05) is 88.3 Å². The highest BCUT2D eigenvalue weighted by Crippen LogP contribution is 2.55. The Balaban J connectivity index is 1.07. The molecule has 0 radical (unpaired) electrons. The van der Waals surface area contributed by atoms with Gasteiger partial charge in [0.25, 0.3) is 0 Å². The lowest BCUT2D eigenvalue weighted by molar-refractivity contribution is 0.590. The molecule has 4 aromatic heterocycles. The van der Waals surface area contributed by atoms with E-state index < -0.39 is 0 Å². The van der Waals surface area contributed by atoms with Gasteiger partial charge in [0.05, 0.1) is 33.1 Å². The number of hydrogen-bond donors (Lipinski definition) is 0. The highest BCUT2D eigenvalue weighted by atomic mass is 15.1. The first kappa shape index (κ1) is 50.6. The van der Waals surface area contributed by atoms with Crippen molar-refractivity contribution in [3.63, 3.8) is 0 Å². The smallest absolute Gasteiger partial charge is 0.0634 e. The van der Waals surface area contributed by atoms with Crippen LogP contribution in [0.2, 0.25) is 0 Å². The zero-order valence-electron chi connectivity index (χ0n) is 49.0. The van der Waals surface area contributed by atoms with Gasteiger partial charge >= 0.3 is 0 Å². The number of hydrogen-bond acceptors (Lipinski definition) is 2. The lowest BCUT2D eigenvalue weighted by atomic mass is 9.87. The summed E-state index contributed by atoms with van der Waals surface area (Å²) >= 11 is 0. The van der Waals surface area contributed by atoms with Crippen LogP contribution in [0.4, 0.5) is 34.1 Å². The zero-order chi connectivity index (χ0) is 56.6. The fraction of sp³-hybridized carbons (Fsp3) is 0.165. The van der Waals surface area contributed by atoms with Crippen LogP contribution in [-0.2, 0) is 5.41 Å². The Hall–Kier alpha value is -9.38. The summed E-state index contributed by atoms with van der Waals surface area (Å²) in [5.41, 5.74) is 24.3. The van der Waals surface area contributed by atoms with Crippen LogP contribution in [0.1, 0.15) is 102 Å². The number of anilines is 6. The van der Waals surface area contributed by atoms with Crippen LogP contribution in [-0.4, -0.2) is 8.80 Å². The second kappa shape index (κ2) is 19.1. The molecule has 0 aliphatic heterocycles. The van der Waals surface area contributed by atoms with Crippen LogP contribution < -0.4 is 9.80 Å². The maximum Gasteiger partial charge on any atom is 0.0634 e. The third kappa shape index (κ3) is 7.86. The van der Waals surface area contributed by atoms with Gasteiger partial charge in [0.2, 0.25) is 0 Å². The Bertz CT molecular complexity index is 4870. The Morgan fingerprint density at radius 2 is 0.627 bits per heavy atom. The Morgan fingerprint density at radius 3 is 0.964 bits per heavy atom. The second-order valence-corrected chi connectivity index (χ2v) is 25.1. The molecule has 0 aliphatic rings. The van der Waals surface area contributed by atoms with Gasteiger partial charge in [-0.25, -0.2) is 0 Å². The molecule has 15 aromatic rings. The third-order valence-corrected chi connectivity index (χ3v) is 18.1. The molecule has 0 aliphatic carbocycles. The zero-order valence-corrected chi connectivity index (χ0v) is 49.0. The first-order chi connectivity index (χ1) is 40.3. The lowest BCUT2D eigenvalue weighted by Gasteiger charge is -2.27. The van der Waals surface area contributed by atoms with E-state index in [1.807, 2.05) is 0 Å². The average Bonchev–Trinajstić information content (AvgIpc) is 1.87. The molecule has 15 rings (SSSR count). The number of benzene rings is 11. The number of rotatable bonds is 11. The van der Waals surface area contributed by atoms with Crippen molar-refractivity contribution in [2.24, 2.45) is 0 Å². The molecule has 0 atom stereocenters. The highest BCUT2D eigenvalue weighted by Gasteiger charge is 2.31. The van der Waals surface area contributed by atoms with Gasteiger partial charge in [0.1, 0.15) is 0 Å². The Kier molecular flexibility index (Phi) is 11.6. The van der Waals surface area contributed by atoms with E-state index in [1.165, 1.54) is 121 Å². The molecular formula is C79H68N4. The summed E-state index contributed by atoms with van der Waals surface area (Å²) in [6, 6.07) is 87.7. The number of fused-ring (bicyclic) bond motifs is 12. The van der Waals surface area contributed by atoms with Crippen molar-refractivity contribution in [3.8, 4) is 22.3 Å². The topological polar surface area (TPSA) is 15.3 Å². The molecular weight excluding hydrogens is 1000 g/mol. The molecule has 0 amide bonds. The summed E-state index contributed by atoms with van der Waals surface area (Å²) in [4.78, 5) is 4.89. The molecule has 404 valence electrons. The van der Waals surface area contributed by atoms with Gasteiger partial charge in [-0.05, 0) is 129 Å². The molecule has 0 saturated heterocycles. The molecule has 0 unspecified atom stereocenters. The lowest BCUT2D eigenvalue weighted by Crippen LogP contribution is -2.13. The van der Waals surface area contributed by atoms with Crippen LogP contribution in [0.15, 0.2) is 231 Å². The van der Waals surface area contributed by atoms with Crippen molar-refractivity contribution in [3.05, 3.63) is 253 Å². The monoisotopic (exact) mass is 1070 g/mol. The van der Waals surface area contributed by atoms with E-state index in [0.29, 0.717) is 17.8 Å². The predicted octanol–water partition coefficient (Wildman–Crippen LogP) is 22.9. The molecule has 0 saturated carbocycles. The van der Waals surface area contributed by atoms with Crippen LogP contribution in [0.25, 0.3) is 98.4 Å². The number of nitrogens with zero attached hydrogens (tertiary/aromatic N) is 4. The van der Waals surface area contributed by atoms with E-state index in [9.17, 15) is 0 Å². The van der Waals surface area contributed by atoms with Crippen molar-refractivity contribution in [1.29, 1.82) is 0 Å². The van der Waals surface area contributed by atoms with Crippen LogP contribution >= 0.6 is 0 Å². The first-order valence-electron chi connectivity index (χ1n) is 29.8. The molecule has 4 nitrogen and oxygen atoms in total. The third-order valence-electron chi connectivity index (χ3n) is 18.1. The number of aromatic nitrogens is 2. The number of para-hydroxylation sites is 2. The summed E-state index contributed by atoms with van der Waals surface area (Å²) in [5, 5.41) is 10.0. The van der Waals surface area contributed by atoms with E-state index in [4.69, 9.17) is 0 Å². The van der Waals surface area contributed by atoms with Gasteiger partial charge < -0.3 is 18.6 Å². The summed E-state index contributed by atoms with van der Waals surface area (Å²) in [5.74, 6) is 1.30. The van der Waals surface area contributed by atoms with Gasteiger partial charge in [-0.2, -0.15) is 0 Å². The van der Waals surface area contributed by atoms with Crippen LogP contribution in [0.3, 0.4) is 0 Å². The second-order valence-electron chi connectivity index (χ2n) is 25.1. The highest BCUT2D eigenvalue weighted by molar-refractivity contribution is 6.38. The van der Waals surface area contributed by atoms with E-state index >= 15 is 0 Å². The van der Waals surface area contributed by atoms with Crippen molar-refractivity contribution in [1.82, 2.24) is 8.80 Å². The average molecular weight is 1070 g/mol. The SMILES string of the molecule is CC(C)c1ccc(N(c2ccc(C(C)C)cc2)c2ccc3c4cccc5c6c(-c7ccccc7)c7c(c(-c8ccccc8)c6n(c3c2)c45)c2cccc3c4ccc(N(c5ccc(C(C)C)cc5)c5ccc(C(C)(C)C)cc5)cc4n7c32)cc1. The van der Waals surface area contributed by atoms with Gasteiger partial charge in [-0.15, -0.1) is 0 Å². The minimum Gasteiger partial charge on any atom is -0.310 e. The van der Waals surface area contributed by atoms with Crippen molar-refractivity contribution in [2.75, 3.05) is 9.80 Å². The van der Waals surface area contributed by atoms with Gasteiger partial charge in [0.15, 0.2) is 0 Å². The van der Waals surface area contributed by atoms with Crippen LogP contribution in [0.5, 0.6) is 0 Å². The quantitative estimate of drug-likeness (QED) is 0.128. The molecule has 83 heavy (non-hydrogen) atoms. The summed E-state index contributed by atoms with van der Waals surface area (Å²) in [7, 11) is 0. The standard InChI is InChI=1S/C79H68N4/c1-48(2)51-26-34-57(35-27-51)80(58-36-28-52(29-37-58)49(3)4)61-42-44-63-65-22-16-24-67-73-72(55-20-14-11-15-21-55)78-74(71(54-18-12-10-13-19-54)77(73)82(75(65)67)69(63)46-61)68-25-17-23-66-64-45-43-62(47-70(64)83(78)76(66)68)81(59-38-30-53(31-39-59)50(5)6)60-40-32-56(33-41-60)79(7,8)9/h10-50H,1-9H3. The summed E-state index contributed by atoms with van der Waals surface area (Å²) in [6.07, 6.45) is 0. The van der Waals surface area contributed by atoms with Crippen molar-refractivity contribution >= 4 is 110 Å². The largest absolute Gasteiger partial charge is 0.310 e. The Labute approximate surface area is 486 Å². The van der Waals surface area contributed by atoms with Crippen molar-refractivity contribution in [2.45, 2.75) is 85.5 Å². The molecule has 0 bridgehead atoms. The minimum atomic E-state index is 0.0316. The van der Waals surface area contributed by atoms with E-state index in [1.54, 1.807) is 0 Å². The van der Waals surface area contributed by atoms with Gasteiger partial charge in [-0.1, -0.05) is 220 Å². The molecule has 4 heteroatoms. The maximum atomic E-state index is 2.65. The minimum absolute atomic E-state index is 0.0316. The normalized spacial score (nSPS) is 12.5. The fourth-order valence-electron chi connectivity index (χ4n) is 13.8. The molecule has 4 heterocycles. The predicted molar refractivity (Wildman–Crippen MR) is 357 cm³/mol. The Morgan fingerprint density at radius 1 is 0.301 bits per heavy atom. The van der Waals surface area contributed by atoms with Gasteiger partial charge in [-0.3, -0.25) is 0 Å². The molecule has 0 spiro atoms. The van der Waals surface area contributed by atoms with E-state index in [2.05, 4.69) is 311 Å². The molecule has 11 aromatic carbocycles. The van der Waals surface area contributed by atoms with Crippen LogP contribution in [0, 0.1) is 0 Å². The maximum absolute atomic E-state index is 2.65. The molecule has 0 N–H and O–H groups in total. The van der Waals surface area contributed by atoms with E-state index in [0.717, 1.165) is 34.1 Å². The summed E-state index contributed by atoms with van der Waals surface area (Å²) in [6.45, 7) is 20.5. The summed E-state index contributed by atoms with van der Waals surface area (Å²) < 4.78 is 5.29.